The van der Waals surface area contributed by atoms with E-state index in [0.29, 0.717) is 11.6 Å². The van der Waals surface area contributed by atoms with Crippen molar-refractivity contribution in [2.45, 2.75) is 6.42 Å². The van der Waals surface area contributed by atoms with Crippen LogP contribution < -0.4 is 0 Å². The van der Waals surface area contributed by atoms with Gasteiger partial charge in [-0.15, -0.1) is 0 Å². The van der Waals surface area contributed by atoms with E-state index >= 15 is 0 Å². The van der Waals surface area contributed by atoms with E-state index < -0.39 is 0 Å². The monoisotopic (exact) mass is 237 g/mol. The van der Waals surface area contributed by atoms with Gasteiger partial charge in [-0.3, -0.25) is 0 Å². The van der Waals surface area contributed by atoms with Crippen LogP contribution in [0.3, 0.4) is 0 Å². The minimum Gasteiger partial charge on any atom is -0.480 e. The summed E-state index contributed by atoms with van der Waals surface area (Å²) in [7, 11) is 0. The average Bonchev–Trinajstić information content (AvgIpc) is 2.65. The fourth-order valence-electron chi connectivity index (χ4n) is 1.97. The highest BCUT2D eigenvalue weighted by atomic mass is 35.5. The predicted molar refractivity (Wildman–Crippen MR) is 64.3 cm³/mol. The number of nitrogens with zero attached hydrogens (tertiary/aromatic N) is 1. The van der Waals surface area contributed by atoms with E-state index in [1.165, 1.54) is 0 Å². The summed E-state index contributed by atoms with van der Waals surface area (Å²) in [6, 6.07) is 5.62. The Hall–Kier alpha value is -0.930. The second-order valence-electron chi connectivity index (χ2n) is 3.67. The molecule has 0 N–H and O–H groups in total. The smallest absolute Gasteiger partial charge is 0.197 e. The van der Waals surface area contributed by atoms with Gasteiger partial charge < -0.3 is 4.74 Å². The number of hydrogen-bond donors (Lipinski definition) is 0. The topological polar surface area (TPSA) is 21.6 Å². The van der Waals surface area contributed by atoms with Gasteiger partial charge in [-0.1, -0.05) is 29.9 Å². The standard InChI is InChI=1S/C11H8ClNOS/c12-6-1-2-7-9(5-6)13-11-8(10(7)15)3-4-14-11/h1-2,5,8H,3-4H2. The Morgan fingerprint density at radius 2 is 2.33 bits per heavy atom. The van der Waals surface area contributed by atoms with Crippen LogP contribution >= 0.6 is 23.8 Å². The number of aliphatic imine (C=N–C) groups is 1. The fraction of sp³-hybridized carbons (Fsp3) is 0.273. The molecular formula is C11H8ClNOS. The van der Waals surface area contributed by atoms with Crippen molar-refractivity contribution in [3.05, 3.63) is 28.8 Å². The van der Waals surface area contributed by atoms with E-state index in [9.17, 15) is 0 Å². The zero-order valence-corrected chi connectivity index (χ0v) is 9.44. The van der Waals surface area contributed by atoms with Crippen LogP contribution in [0.2, 0.25) is 5.02 Å². The minimum atomic E-state index is 0.202. The summed E-state index contributed by atoms with van der Waals surface area (Å²) in [5, 5.41) is 0.678. The van der Waals surface area contributed by atoms with Crippen LogP contribution in [0.4, 0.5) is 5.69 Å². The Kier molecular flexibility index (Phi) is 2.04. The molecule has 2 aliphatic heterocycles. The van der Waals surface area contributed by atoms with E-state index in [2.05, 4.69) is 4.99 Å². The third-order valence-electron chi connectivity index (χ3n) is 2.73. The number of ether oxygens (including phenoxy) is 1. The quantitative estimate of drug-likeness (QED) is 0.647. The molecule has 1 aromatic carbocycles. The Balaban J connectivity index is 2.19. The normalized spacial score (nSPS) is 22.9. The number of halogens is 1. The van der Waals surface area contributed by atoms with E-state index in [-0.39, 0.29) is 5.92 Å². The van der Waals surface area contributed by atoms with Crippen molar-refractivity contribution in [1.29, 1.82) is 0 Å². The minimum absolute atomic E-state index is 0.202. The summed E-state index contributed by atoms with van der Waals surface area (Å²) in [5.74, 6) is 0.962. The van der Waals surface area contributed by atoms with Crippen LogP contribution in [0.15, 0.2) is 23.2 Å². The molecule has 1 aromatic rings. The molecule has 1 unspecified atom stereocenters. The number of hydrogen-bond acceptors (Lipinski definition) is 3. The summed E-state index contributed by atoms with van der Waals surface area (Å²) in [6.07, 6.45) is 0.944. The van der Waals surface area contributed by atoms with Crippen molar-refractivity contribution < 1.29 is 4.74 Å². The second kappa shape index (κ2) is 3.29. The van der Waals surface area contributed by atoms with Crippen molar-refractivity contribution in [1.82, 2.24) is 0 Å². The molecule has 3 rings (SSSR count). The first-order valence-corrected chi connectivity index (χ1v) is 5.59. The van der Waals surface area contributed by atoms with Crippen molar-refractivity contribution in [2.75, 3.05) is 6.61 Å². The first-order chi connectivity index (χ1) is 7.25. The summed E-state index contributed by atoms with van der Waals surface area (Å²) in [6.45, 7) is 0.714. The zero-order chi connectivity index (χ0) is 10.4. The van der Waals surface area contributed by atoms with Gasteiger partial charge in [-0.2, -0.15) is 0 Å². The summed E-state index contributed by atoms with van der Waals surface area (Å²) < 4.78 is 5.44. The highest BCUT2D eigenvalue weighted by Crippen LogP contribution is 2.35. The van der Waals surface area contributed by atoms with E-state index in [4.69, 9.17) is 28.6 Å². The molecule has 0 saturated carbocycles. The molecule has 1 saturated heterocycles. The van der Waals surface area contributed by atoms with Crippen molar-refractivity contribution in [3.8, 4) is 0 Å². The third kappa shape index (κ3) is 1.38. The summed E-state index contributed by atoms with van der Waals surface area (Å²) in [4.78, 5) is 5.38. The molecule has 0 radical (unpaired) electrons. The van der Waals surface area contributed by atoms with E-state index in [1.54, 1.807) is 0 Å². The molecule has 2 nitrogen and oxygen atoms in total. The van der Waals surface area contributed by atoms with E-state index in [0.717, 1.165) is 28.4 Å². The first kappa shape index (κ1) is 9.31. The zero-order valence-electron chi connectivity index (χ0n) is 7.87. The van der Waals surface area contributed by atoms with Crippen molar-refractivity contribution in [3.63, 3.8) is 0 Å². The van der Waals surface area contributed by atoms with Crippen LogP contribution in [0.1, 0.15) is 12.0 Å². The van der Waals surface area contributed by atoms with Crippen LogP contribution in [0.5, 0.6) is 0 Å². The third-order valence-corrected chi connectivity index (χ3v) is 3.47. The summed E-state index contributed by atoms with van der Waals surface area (Å²) >= 11 is 11.4. The van der Waals surface area contributed by atoms with Crippen molar-refractivity contribution >= 4 is 40.3 Å². The molecule has 15 heavy (non-hydrogen) atoms. The highest BCUT2D eigenvalue weighted by molar-refractivity contribution is 7.81. The van der Waals surface area contributed by atoms with Gasteiger partial charge in [0, 0.05) is 15.5 Å². The van der Waals surface area contributed by atoms with Crippen LogP contribution in [-0.4, -0.2) is 17.4 Å². The molecular weight excluding hydrogens is 230 g/mol. The second-order valence-corrected chi connectivity index (χ2v) is 4.54. The van der Waals surface area contributed by atoms with Gasteiger partial charge in [0.05, 0.1) is 18.2 Å². The lowest BCUT2D eigenvalue weighted by Crippen LogP contribution is -2.22. The lowest BCUT2D eigenvalue weighted by atomic mass is 9.94. The van der Waals surface area contributed by atoms with Gasteiger partial charge >= 0.3 is 0 Å². The Bertz CT molecular complexity index is 483. The van der Waals surface area contributed by atoms with Gasteiger partial charge in [0.1, 0.15) is 0 Å². The maximum Gasteiger partial charge on any atom is 0.197 e. The van der Waals surface area contributed by atoms with Crippen LogP contribution in [0.25, 0.3) is 0 Å². The van der Waals surface area contributed by atoms with Gasteiger partial charge in [0.2, 0.25) is 0 Å². The van der Waals surface area contributed by atoms with Gasteiger partial charge in [0.25, 0.3) is 0 Å². The molecule has 4 heteroatoms. The molecule has 1 atom stereocenters. The fourth-order valence-corrected chi connectivity index (χ4v) is 2.53. The van der Waals surface area contributed by atoms with Crippen molar-refractivity contribution in [2.24, 2.45) is 10.9 Å². The Morgan fingerprint density at radius 3 is 3.20 bits per heavy atom. The predicted octanol–water partition coefficient (Wildman–Crippen LogP) is 3.14. The highest BCUT2D eigenvalue weighted by Gasteiger charge is 2.33. The Labute approximate surface area is 97.9 Å². The largest absolute Gasteiger partial charge is 0.480 e. The molecule has 2 aliphatic rings. The lowest BCUT2D eigenvalue weighted by molar-refractivity contribution is 0.344. The molecule has 0 amide bonds. The Morgan fingerprint density at radius 1 is 1.47 bits per heavy atom. The lowest BCUT2D eigenvalue weighted by Gasteiger charge is -2.18. The SMILES string of the molecule is S=C1c2ccc(Cl)cc2N=C2OCCC12. The molecule has 0 aliphatic carbocycles. The number of fused-ring (bicyclic) bond motifs is 2. The molecule has 0 bridgehead atoms. The van der Waals surface area contributed by atoms with Crippen LogP contribution in [-0.2, 0) is 4.74 Å². The van der Waals surface area contributed by atoms with Crippen LogP contribution in [0, 0.1) is 5.92 Å². The number of benzene rings is 1. The maximum atomic E-state index is 5.91. The van der Waals surface area contributed by atoms with Gasteiger partial charge in [-0.25, -0.2) is 4.99 Å². The molecule has 76 valence electrons. The van der Waals surface area contributed by atoms with E-state index in [1.807, 2.05) is 18.2 Å². The maximum absolute atomic E-state index is 5.91. The summed E-state index contributed by atoms with van der Waals surface area (Å²) in [5.41, 5.74) is 1.86. The van der Waals surface area contributed by atoms with Gasteiger partial charge in [0.15, 0.2) is 5.90 Å². The molecule has 0 aromatic heterocycles. The number of thiocarbonyl (C=S) groups is 1. The average molecular weight is 238 g/mol. The number of rotatable bonds is 0. The van der Waals surface area contributed by atoms with Gasteiger partial charge in [-0.05, 0) is 18.6 Å². The molecule has 2 heterocycles. The molecule has 0 spiro atoms. The first-order valence-electron chi connectivity index (χ1n) is 4.81. The molecule has 1 fully saturated rings.